The molecule has 0 unspecified atom stereocenters. The molecule has 4 N–H and O–H groups in total. The predicted molar refractivity (Wildman–Crippen MR) is 42.9 cm³/mol. The lowest BCUT2D eigenvalue weighted by molar-refractivity contribution is -0.123. The number of amides is 1. The van der Waals surface area contributed by atoms with Gasteiger partial charge in [-0.2, -0.15) is 0 Å². The van der Waals surface area contributed by atoms with E-state index in [4.69, 9.17) is 10.8 Å². The third kappa shape index (κ3) is 3.95. The van der Waals surface area contributed by atoms with Crippen LogP contribution in [0.25, 0.3) is 0 Å². The van der Waals surface area contributed by atoms with Gasteiger partial charge in [0.1, 0.15) is 0 Å². The Labute approximate surface area is 66.8 Å². The molecule has 11 heavy (non-hydrogen) atoms. The van der Waals surface area contributed by atoms with Crippen LogP contribution in [-0.4, -0.2) is 30.2 Å². The number of aliphatic hydroxyl groups excluding tert-OH is 1. The van der Waals surface area contributed by atoms with Gasteiger partial charge in [-0.25, -0.2) is 0 Å². The fourth-order valence-corrected chi connectivity index (χ4v) is 0.600. The quantitative estimate of drug-likeness (QED) is 0.498. The van der Waals surface area contributed by atoms with Crippen LogP contribution in [0.3, 0.4) is 0 Å². The van der Waals surface area contributed by atoms with E-state index in [0.717, 1.165) is 0 Å². The normalized spacial score (nSPS) is 13.2. The number of carbonyl (C=O) groups excluding carboxylic acids is 1. The summed E-state index contributed by atoms with van der Waals surface area (Å²) in [6.07, 6.45) is 0. The molecule has 0 aromatic rings. The lowest BCUT2D eigenvalue weighted by Gasteiger charge is -2.14. The maximum absolute atomic E-state index is 11.0. The number of aliphatic hydroxyl groups is 1. The van der Waals surface area contributed by atoms with Crippen molar-refractivity contribution >= 4 is 5.91 Å². The monoisotopic (exact) mass is 160 g/mol. The molecule has 4 heteroatoms. The summed E-state index contributed by atoms with van der Waals surface area (Å²) in [5, 5.41) is 10.9. The molecular formula is C7H16N2O2. The van der Waals surface area contributed by atoms with Gasteiger partial charge < -0.3 is 16.2 Å². The Kier molecular flexibility index (Phi) is 4.81. The van der Waals surface area contributed by atoms with E-state index in [0.29, 0.717) is 0 Å². The van der Waals surface area contributed by atoms with Crippen LogP contribution in [0.4, 0.5) is 0 Å². The van der Waals surface area contributed by atoms with Crippen molar-refractivity contribution < 1.29 is 9.90 Å². The first-order chi connectivity index (χ1) is 5.09. The molecule has 0 aliphatic rings. The highest BCUT2D eigenvalue weighted by atomic mass is 16.3. The van der Waals surface area contributed by atoms with E-state index in [1.54, 1.807) is 0 Å². The molecule has 0 bridgehead atoms. The molecule has 0 spiro atoms. The molecule has 0 saturated carbocycles. The van der Waals surface area contributed by atoms with Gasteiger partial charge in [0.15, 0.2) is 0 Å². The highest BCUT2D eigenvalue weighted by Crippen LogP contribution is 1.96. The topological polar surface area (TPSA) is 75.4 Å². The molecule has 0 aliphatic heterocycles. The zero-order chi connectivity index (χ0) is 8.85. The van der Waals surface area contributed by atoms with Gasteiger partial charge in [-0.15, -0.1) is 0 Å². The second kappa shape index (κ2) is 5.09. The Hall–Kier alpha value is -0.610. The van der Waals surface area contributed by atoms with Crippen LogP contribution >= 0.6 is 0 Å². The Morgan fingerprint density at radius 1 is 1.64 bits per heavy atom. The summed E-state index contributed by atoms with van der Waals surface area (Å²) in [5.41, 5.74) is 5.51. The number of hydrogen-bond donors (Lipinski definition) is 3. The summed E-state index contributed by atoms with van der Waals surface area (Å²) in [6.45, 7) is 3.99. The van der Waals surface area contributed by atoms with E-state index in [2.05, 4.69) is 5.32 Å². The molecule has 0 aromatic heterocycles. The predicted octanol–water partition coefficient (Wildman–Crippen LogP) is -0.922. The largest absolute Gasteiger partial charge is 0.395 e. The SMILES string of the molecule is CC(C)[C@H](N)C(=O)NCCO. The number of nitrogens with two attached hydrogens (primary N) is 1. The van der Waals surface area contributed by atoms with E-state index in [1.165, 1.54) is 0 Å². The Morgan fingerprint density at radius 3 is 2.55 bits per heavy atom. The fourth-order valence-electron chi connectivity index (χ4n) is 0.600. The van der Waals surface area contributed by atoms with Crippen molar-refractivity contribution in [1.82, 2.24) is 5.32 Å². The first-order valence-electron chi connectivity index (χ1n) is 3.73. The smallest absolute Gasteiger partial charge is 0.237 e. The zero-order valence-corrected chi connectivity index (χ0v) is 7.00. The molecule has 0 saturated heterocycles. The molecule has 4 nitrogen and oxygen atoms in total. The van der Waals surface area contributed by atoms with Gasteiger partial charge in [-0.3, -0.25) is 4.79 Å². The average Bonchev–Trinajstić information content (AvgIpc) is 1.98. The van der Waals surface area contributed by atoms with E-state index >= 15 is 0 Å². The molecule has 66 valence electrons. The molecule has 0 aliphatic carbocycles. The molecule has 0 aromatic carbocycles. The minimum atomic E-state index is -0.471. The van der Waals surface area contributed by atoms with Crippen LogP contribution in [0, 0.1) is 5.92 Å². The zero-order valence-electron chi connectivity index (χ0n) is 7.00. The van der Waals surface area contributed by atoms with Crippen molar-refractivity contribution in [3.63, 3.8) is 0 Å². The highest BCUT2D eigenvalue weighted by molar-refractivity contribution is 5.81. The number of nitrogens with one attached hydrogen (secondary N) is 1. The molecule has 0 fully saturated rings. The van der Waals surface area contributed by atoms with Crippen LogP contribution in [0.1, 0.15) is 13.8 Å². The molecule has 0 radical (unpaired) electrons. The van der Waals surface area contributed by atoms with Gasteiger partial charge in [0.05, 0.1) is 12.6 Å². The Morgan fingerprint density at radius 2 is 2.18 bits per heavy atom. The first kappa shape index (κ1) is 10.4. The second-order valence-electron chi connectivity index (χ2n) is 2.78. The molecule has 1 atom stereocenters. The van der Waals surface area contributed by atoms with Gasteiger partial charge in [0.2, 0.25) is 5.91 Å². The summed E-state index contributed by atoms with van der Waals surface area (Å²) in [6, 6.07) is -0.471. The Balaban J connectivity index is 3.64. The highest BCUT2D eigenvalue weighted by Gasteiger charge is 2.15. The minimum absolute atomic E-state index is 0.0451. The first-order valence-corrected chi connectivity index (χ1v) is 3.73. The maximum atomic E-state index is 11.0. The van der Waals surface area contributed by atoms with Gasteiger partial charge in [0, 0.05) is 6.54 Å². The molecular weight excluding hydrogens is 144 g/mol. The molecule has 0 rings (SSSR count). The minimum Gasteiger partial charge on any atom is -0.395 e. The number of rotatable bonds is 4. The summed E-state index contributed by atoms with van der Waals surface area (Å²) in [5.74, 6) is -0.0669. The number of hydrogen-bond acceptors (Lipinski definition) is 3. The lowest BCUT2D eigenvalue weighted by Crippen LogP contribution is -2.44. The maximum Gasteiger partial charge on any atom is 0.237 e. The van der Waals surface area contributed by atoms with E-state index < -0.39 is 6.04 Å². The molecule has 0 heterocycles. The van der Waals surface area contributed by atoms with E-state index in [1.807, 2.05) is 13.8 Å². The van der Waals surface area contributed by atoms with Gasteiger partial charge in [-0.05, 0) is 5.92 Å². The summed E-state index contributed by atoms with van der Waals surface area (Å²) in [7, 11) is 0. The van der Waals surface area contributed by atoms with Crippen molar-refractivity contribution in [2.45, 2.75) is 19.9 Å². The van der Waals surface area contributed by atoms with Crippen molar-refractivity contribution in [3.8, 4) is 0 Å². The van der Waals surface area contributed by atoms with Crippen molar-refractivity contribution in [1.29, 1.82) is 0 Å². The average molecular weight is 160 g/mol. The third-order valence-electron chi connectivity index (χ3n) is 1.43. The molecule has 1 amide bonds. The van der Waals surface area contributed by atoms with Gasteiger partial charge >= 0.3 is 0 Å². The van der Waals surface area contributed by atoms with E-state index in [-0.39, 0.29) is 25.0 Å². The van der Waals surface area contributed by atoms with Crippen LogP contribution in [-0.2, 0) is 4.79 Å². The van der Waals surface area contributed by atoms with Gasteiger partial charge in [-0.1, -0.05) is 13.8 Å². The fraction of sp³-hybridized carbons (Fsp3) is 0.857. The van der Waals surface area contributed by atoms with Crippen LogP contribution in [0.15, 0.2) is 0 Å². The standard InChI is InChI=1S/C7H16N2O2/c1-5(2)6(8)7(11)9-3-4-10/h5-6,10H,3-4,8H2,1-2H3,(H,9,11)/t6-/m0/s1. The van der Waals surface area contributed by atoms with Crippen LogP contribution in [0.2, 0.25) is 0 Å². The second-order valence-corrected chi connectivity index (χ2v) is 2.78. The van der Waals surface area contributed by atoms with Crippen molar-refractivity contribution in [3.05, 3.63) is 0 Å². The van der Waals surface area contributed by atoms with E-state index in [9.17, 15) is 4.79 Å². The van der Waals surface area contributed by atoms with Gasteiger partial charge in [0.25, 0.3) is 0 Å². The lowest BCUT2D eigenvalue weighted by atomic mass is 10.1. The van der Waals surface area contributed by atoms with Crippen molar-refractivity contribution in [2.24, 2.45) is 11.7 Å². The van der Waals surface area contributed by atoms with Crippen LogP contribution < -0.4 is 11.1 Å². The summed E-state index contributed by atoms with van der Waals surface area (Å²) >= 11 is 0. The Bertz CT molecular complexity index is 126. The van der Waals surface area contributed by atoms with Crippen molar-refractivity contribution in [2.75, 3.05) is 13.2 Å². The number of carbonyl (C=O) groups is 1. The summed E-state index contributed by atoms with van der Waals surface area (Å²) in [4.78, 5) is 11.0. The third-order valence-corrected chi connectivity index (χ3v) is 1.43. The summed E-state index contributed by atoms with van der Waals surface area (Å²) < 4.78 is 0. The van der Waals surface area contributed by atoms with Crippen LogP contribution in [0.5, 0.6) is 0 Å².